The smallest absolute Gasteiger partial charge is 0.338 e. The minimum atomic E-state index is -3.92. The molecular weight excluding hydrogens is 372 g/mol. The molecule has 1 amide bonds. The summed E-state index contributed by atoms with van der Waals surface area (Å²) >= 11 is 0. The van der Waals surface area contributed by atoms with Crippen LogP contribution >= 0.6 is 0 Å². The number of rotatable bonds is 7. The second-order valence-electron chi connectivity index (χ2n) is 5.65. The SMILES string of the molecule is COc1ccc(N(C)S(=O)(=O)c2cccc(C(=O)O[C@@H](C)C(N)=O)c2)cc1. The molecule has 0 radical (unpaired) electrons. The van der Waals surface area contributed by atoms with Crippen molar-refractivity contribution in [2.45, 2.75) is 17.9 Å². The zero-order valence-electron chi connectivity index (χ0n) is 15.1. The third kappa shape index (κ3) is 4.56. The van der Waals surface area contributed by atoms with Gasteiger partial charge in [-0.15, -0.1) is 0 Å². The van der Waals surface area contributed by atoms with Crippen molar-refractivity contribution in [3.05, 3.63) is 54.1 Å². The fraction of sp³-hybridized carbons (Fsp3) is 0.222. The third-order valence-electron chi connectivity index (χ3n) is 3.85. The molecule has 0 aliphatic rings. The Balaban J connectivity index is 2.30. The first-order valence-electron chi connectivity index (χ1n) is 7.90. The Morgan fingerprint density at radius 3 is 2.30 bits per heavy atom. The van der Waals surface area contributed by atoms with Crippen molar-refractivity contribution in [1.29, 1.82) is 0 Å². The van der Waals surface area contributed by atoms with Gasteiger partial charge < -0.3 is 15.2 Å². The van der Waals surface area contributed by atoms with Gasteiger partial charge >= 0.3 is 5.97 Å². The van der Waals surface area contributed by atoms with Gasteiger partial charge in [0, 0.05) is 7.05 Å². The van der Waals surface area contributed by atoms with E-state index in [-0.39, 0.29) is 10.5 Å². The Morgan fingerprint density at radius 2 is 1.74 bits per heavy atom. The number of benzene rings is 2. The van der Waals surface area contributed by atoms with Crippen molar-refractivity contribution in [3.8, 4) is 5.75 Å². The van der Waals surface area contributed by atoms with E-state index in [0.717, 1.165) is 4.31 Å². The molecule has 0 aliphatic carbocycles. The number of nitrogens with zero attached hydrogens (tertiary/aromatic N) is 1. The van der Waals surface area contributed by atoms with Crippen molar-refractivity contribution in [1.82, 2.24) is 0 Å². The van der Waals surface area contributed by atoms with Crippen molar-refractivity contribution in [3.63, 3.8) is 0 Å². The topological polar surface area (TPSA) is 116 Å². The Morgan fingerprint density at radius 1 is 1.11 bits per heavy atom. The standard InChI is InChI=1S/C18H20N2O6S/c1-12(17(19)21)26-18(22)13-5-4-6-16(11-13)27(23,24)20(2)14-7-9-15(25-3)10-8-14/h4-12H,1-3H3,(H2,19,21)/t12-/m0/s1. The summed E-state index contributed by atoms with van der Waals surface area (Å²) < 4.78 is 36.8. The quantitative estimate of drug-likeness (QED) is 0.715. The second kappa shape index (κ2) is 8.09. The number of ether oxygens (including phenoxy) is 2. The van der Waals surface area contributed by atoms with E-state index < -0.39 is 28.0 Å². The predicted octanol–water partition coefficient (Wildman–Crippen LogP) is 1.55. The summed E-state index contributed by atoms with van der Waals surface area (Å²) in [5, 5.41) is 0. The Hall–Kier alpha value is -3.07. The highest BCUT2D eigenvalue weighted by Gasteiger charge is 2.23. The zero-order valence-corrected chi connectivity index (χ0v) is 15.9. The number of methoxy groups -OCH3 is 1. The number of hydrogen-bond donors (Lipinski definition) is 1. The normalized spacial score (nSPS) is 12.1. The van der Waals surface area contributed by atoms with Crippen LogP contribution < -0.4 is 14.8 Å². The van der Waals surface area contributed by atoms with Crippen LogP contribution in [0.2, 0.25) is 0 Å². The number of carbonyl (C=O) groups excluding carboxylic acids is 2. The summed E-state index contributed by atoms with van der Waals surface area (Å²) in [7, 11) is -1.01. The van der Waals surface area contributed by atoms with Gasteiger partial charge in [-0.05, 0) is 49.4 Å². The minimum absolute atomic E-state index is 0.00712. The van der Waals surface area contributed by atoms with Crippen LogP contribution in [0.1, 0.15) is 17.3 Å². The number of primary amides is 1. The zero-order chi connectivity index (χ0) is 20.2. The molecule has 0 unspecified atom stereocenters. The largest absolute Gasteiger partial charge is 0.497 e. The lowest BCUT2D eigenvalue weighted by molar-refractivity contribution is -0.125. The fourth-order valence-electron chi connectivity index (χ4n) is 2.16. The van der Waals surface area contributed by atoms with Gasteiger partial charge in [-0.1, -0.05) is 6.07 Å². The molecule has 0 bridgehead atoms. The Kier molecular flexibility index (Phi) is 6.06. The number of amides is 1. The van der Waals surface area contributed by atoms with Gasteiger partial charge in [0.2, 0.25) is 0 Å². The molecule has 0 aliphatic heterocycles. The van der Waals surface area contributed by atoms with E-state index in [9.17, 15) is 18.0 Å². The van der Waals surface area contributed by atoms with Crippen molar-refractivity contribution < 1.29 is 27.5 Å². The first-order chi connectivity index (χ1) is 12.7. The molecule has 0 saturated heterocycles. The van der Waals surface area contributed by atoms with Crippen LogP contribution in [-0.2, 0) is 19.6 Å². The van der Waals surface area contributed by atoms with Crippen LogP contribution in [0.15, 0.2) is 53.4 Å². The first-order valence-corrected chi connectivity index (χ1v) is 9.34. The van der Waals surface area contributed by atoms with Crippen LogP contribution in [0.3, 0.4) is 0 Å². The Labute approximate surface area is 157 Å². The number of nitrogens with two attached hydrogens (primary N) is 1. The van der Waals surface area contributed by atoms with Gasteiger partial charge in [0.15, 0.2) is 6.10 Å². The van der Waals surface area contributed by atoms with Gasteiger partial charge in [0.1, 0.15) is 5.75 Å². The van der Waals surface area contributed by atoms with E-state index >= 15 is 0 Å². The van der Waals surface area contributed by atoms with E-state index in [0.29, 0.717) is 11.4 Å². The predicted molar refractivity (Wildman–Crippen MR) is 99.1 cm³/mol. The van der Waals surface area contributed by atoms with Gasteiger partial charge in [-0.3, -0.25) is 9.10 Å². The second-order valence-corrected chi connectivity index (χ2v) is 7.62. The summed E-state index contributed by atoms with van der Waals surface area (Å²) in [6, 6.07) is 11.8. The van der Waals surface area contributed by atoms with Crippen LogP contribution in [0, 0.1) is 0 Å². The van der Waals surface area contributed by atoms with E-state index in [2.05, 4.69) is 0 Å². The van der Waals surface area contributed by atoms with Gasteiger partial charge in [-0.2, -0.15) is 0 Å². The maximum atomic E-state index is 12.9. The maximum Gasteiger partial charge on any atom is 0.338 e. The molecule has 9 heteroatoms. The van der Waals surface area contributed by atoms with Crippen LogP contribution in [0.25, 0.3) is 0 Å². The summed E-state index contributed by atoms with van der Waals surface area (Å²) in [5.74, 6) is -1.05. The molecule has 2 aromatic carbocycles. The lowest BCUT2D eigenvalue weighted by atomic mass is 10.2. The van der Waals surface area contributed by atoms with E-state index in [1.165, 1.54) is 45.3 Å². The molecule has 0 spiro atoms. The summed E-state index contributed by atoms with van der Waals surface area (Å²) in [5.41, 5.74) is 5.47. The molecule has 2 N–H and O–H groups in total. The van der Waals surface area contributed by atoms with Crippen LogP contribution in [0.4, 0.5) is 5.69 Å². The highest BCUT2D eigenvalue weighted by Crippen LogP contribution is 2.25. The Bertz CT molecular complexity index is 941. The summed E-state index contributed by atoms with van der Waals surface area (Å²) in [4.78, 5) is 23.0. The summed E-state index contributed by atoms with van der Waals surface area (Å²) in [6.07, 6.45) is -1.13. The van der Waals surface area contributed by atoms with Crippen molar-refractivity contribution in [2.24, 2.45) is 5.73 Å². The first kappa shape index (κ1) is 20.2. The molecule has 2 aromatic rings. The van der Waals surface area contributed by atoms with Gasteiger partial charge in [-0.25, -0.2) is 13.2 Å². The minimum Gasteiger partial charge on any atom is -0.497 e. The molecular formula is C18H20N2O6S. The average Bonchev–Trinajstić information content (AvgIpc) is 2.67. The molecule has 1 atom stereocenters. The van der Waals surface area contributed by atoms with Gasteiger partial charge in [0.25, 0.3) is 15.9 Å². The van der Waals surface area contributed by atoms with Crippen molar-refractivity contribution >= 4 is 27.6 Å². The number of sulfonamides is 1. The van der Waals surface area contributed by atoms with E-state index in [1.807, 2.05) is 0 Å². The average molecular weight is 392 g/mol. The third-order valence-corrected chi connectivity index (χ3v) is 5.63. The van der Waals surface area contributed by atoms with Crippen LogP contribution in [0.5, 0.6) is 5.75 Å². The molecule has 2 rings (SSSR count). The number of esters is 1. The van der Waals surface area contributed by atoms with E-state index in [1.54, 1.807) is 24.3 Å². The fourth-order valence-corrected chi connectivity index (χ4v) is 3.40. The monoisotopic (exact) mass is 392 g/mol. The van der Waals surface area contributed by atoms with E-state index in [4.69, 9.17) is 15.2 Å². The number of hydrogen-bond acceptors (Lipinski definition) is 6. The summed E-state index contributed by atoms with van der Waals surface area (Å²) in [6.45, 7) is 1.33. The molecule has 27 heavy (non-hydrogen) atoms. The lowest BCUT2D eigenvalue weighted by Gasteiger charge is -2.20. The lowest BCUT2D eigenvalue weighted by Crippen LogP contribution is -2.30. The molecule has 144 valence electrons. The highest BCUT2D eigenvalue weighted by atomic mass is 32.2. The maximum absolute atomic E-state index is 12.9. The van der Waals surface area contributed by atoms with Crippen LogP contribution in [-0.4, -0.2) is 40.6 Å². The molecule has 0 saturated carbocycles. The number of anilines is 1. The van der Waals surface area contributed by atoms with Crippen molar-refractivity contribution in [2.75, 3.05) is 18.5 Å². The highest BCUT2D eigenvalue weighted by molar-refractivity contribution is 7.92. The number of carbonyl (C=O) groups is 2. The molecule has 8 nitrogen and oxygen atoms in total. The molecule has 0 fully saturated rings. The van der Waals surface area contributed by atoms with Gasteiger partial charge in [0.05, 0.1) is 23.3 Å². The molecule has 0 aromatic heterocycles. The molecule has 0 heterocycles.